The lowest BCUT2D eigenvalue weighted by Crippen LogP contribution is -2.30. The third kappa shape index (κ3) is 2.32. The smallest absolute Gasteiger partial charge is 0.0912 e. The average Bonchev–Trinajstić information content (AvgIpc) is 2.23. The molecule has 1 fully saturated rings. The molecule has 0 aromatic heterocycles. The maximum Gasteiger partial charge on any atom is 0.0912 e. The van der Waals surface area contributed by atoms with Crippen LogP contribution in [0.3, 0.4) is 0 Å². The highest BCUT2D eigenvalue weighted by molar-refractivity contribution is 7.99. The Bertz CT molecular complexity index is 359. The van der Waals surface area contributed by atoms with Crippen molar-refractivity contribution >= 4 is 23.4 Å². The molecule has 82 valence electrons. The summed E-state index contributed by atoms with van der Waals surface area (Å²) in [6.07, 6.45) is 1.69. The fraction of sp³-hybridized carbons (Fsp3) is 0.500. The third-order valence-electron chi connectivity index (χ3n) is 3.02. The van der Waals surface area contributed by atoms with Crippen molar-refractivity contribution in [3.8, 4) is 0 Å². The number of benzene rings is 1. The molecular weight excluding hydrogens is 228 g/mol. The van der Waals surface area contributed by atoms with E-state index in [1.807, 2.05) is 36.9 Å². The van der Waals surface area contributed by atoms with Gasteiger partial charge < -0.3 is 5.11 Å². The summed E-state index contributed by atoms with van der Waals surface area (Å²) in [5.74, 6) is 2.08. The predicted octanol–water partition coefficient (Wildman–Crippen LogP) is 3.36. The Morgan fingerprint density at radius 1 is 1.33 bits per heavy atom. The van der Waals surface area contributed by atoms with E-state index in [0.29, 0.717) is 0 Å². The summed E-state index contributed by atoms with van der Waals surface area (Å²) in [5.41, 5.74) is 1.44. The zero-order valence-electron chi connectivity index (χ0n) is 8.79. The molecule has 3 heteroatoms. The summed E-state index contributed by atoms with van der Waals surface area (Å²) < 4.78 is 0. The molecule has 1 aromatic rings. The van der Waals surface area contributed by atoms with Gasteiger partial charge in [-0.25, -0.2) is 0 Å². The van der Waals surface area contributed by atoms with E-state index in [2.05, 4.69) is 0 Å². The van der Waals surface area contributed by atoms with Crippen LogP contribution < -0.4 is 0 Å². The molecule has 0 saturated carbocycles. The van der Waals surface area contributed by atoms with E-state index in [4.69, 9.17) is 11.6 Å². The Morgan fingerprint density at radius 2 is 2.00 bits per heavy atom. The summed E-state index contributed by atoms with van der Waals surface area (Å²) in [4.78, 5) is 0. The van der Waals surface area contributed by atoms with Crippen LogP contribution in [0.25, 0.3) is 0 Å². The van der Waals surface area contributed by atoms with Gasteiger partial charge in [0.15, 0.2) is 0 Å². The Balaban J connectivity index is 2.31. The number of aliphatic hydroxyl groups is 1. The van der Waals surface area contributed by atoms with Gasteiger partial charge >= 0.3 is 0 Å². The van der Waals surface area contributed by atoms with Crippen molar-refractivity contribution in [2.24, 2.45) is 0 Å². The molecule has 0 bridgehead atoms. The molecule has 1 heterocycles. The largest absolute Gasteiger partial charge is 0.385 e. The average molecular weight is 243 g/mol. The molecule has 1 saturated heterocycles. The Labute approximate surface area is 99.8 Å². The Hall–Kier alpha value is -0.180. The lowest BCUT2D eigenvalue weighted by atomic mass is 9.87. The third-order valence-corrected chi connectivity index (χ3v) is 4.42. The summed E-state index contributed by atoms with van der Waals surface area (Å²) in [6.45, 7) is 1.98. The molecule has 1 aliphatic rings. The van der Waals surface area contributed by atoms with Crippen LogP contribution in [0.2, 0.25) is 5.02 Å². The van der Waals surface area contributed by atoms with E-state index in [0.717, 1.165) is 40.5 Å². The van der Waals surface area contributed by atoms with Gasteiger partial charge in [-0.1, -0.05) is 23.7 Å². The van der Waals surface area contributed by atoms with Gasteiger partial charge in [0.25, 0.3) is 0 Å². The lowest BCUT2D eigenvalue weighted by Gasteiger charge is -2.32. The Morgan fingerprint density at radius 3 is 2.60 bits per heavy atom. The minimum atomic E-state index is -0.624. The van der Waals surface area contributed by atoms with Crippen molar-refractivity contribution in [3.63, 3.8) is 0 Å². The van der Waals surface area contributed by atoms with Crippen LogP contribution in [0.15, 0.2) is 18.2 Å². The maximum absolute atomic E-state index is 10.5. The van der Waals surface area contributed by atoms with Gasteiger partial charge in [-0.2, -0.15) is 11.8 Å². The molecule has 0 aliphatic carbocycles. The first-order valence-corrected chi connectivity index (χ1v) is 6.72. The van der Waals surface area contributed by atoms with Crippen molar-refractivity contribution in [1.29, 1.82) is 0 Å². The van der Waals surface area contributed by atoms with Crippen LogP contribution >= 0.6 is 23.4 Å². The molecular formula is C12H15ClOS. The van der Waals surface area contributed by atoms with Crippen molar-refractivity contribution in [3.05, 3.63) is 34.3 Å². The summed E-state index contributed by atoms with van der Waals surface area (Å²) in [6, 6.07) is 5.84. The normalized spacial score (nSPS) is 20.2. The van der Waals surface area contributed by atoms with E-state index in [1.54, 1.807) is 0 Å². The minimum absolute atomic E-state index is 0.624. The quantitative estimate of drug-likeness (QED) is 0.815. The van der Waals surface area contributed by atoms with Crippen LogP contribution in [-0.4, -0.2) is 16.6 Å². The van der Waals surface area contributed by atoms with Crippen LogP contribution in [0.5, 0.6) is 0 Å². The molecule has 1 aromatic carbocycles. The van der Waals surface area contributed by atoms with Crippen molar-refractivity contribution in [1.82, 2.24) is 0 Å². The van der Waals surface area contributed by atoms with Gasteiger partial charge in [0, 0.05) is 5.02 Å². The molecule has 0 amide bonds. The van der Waals surface area contributed by atoms with Gasteiger partial charge in [0.2, 0.25) is 0 Å². The van der Waals surface area contributed by atoms with Gasteiger partial charge in [-0.3, -0.25) is 0 Å². The molecule has 2 rings (SSSR count). The number of thioether (sulfide) groups is 1. The molecule has 0 radical (unpaired) electrons. The van der Waals surface area contributed by atoms with E-state index >= 15 is 0 Å². The fourth-order valence-electron chi connectivity index (χ4n) is 1.93. The standard InChI is InChI=1S/C12H15ClOS/c1-9-8-10(2-3-11(9)13)12(14)4-6-15-7-5-12/h2-3,8,14H,4-7H2,1H3. The second kappa shape index (κ2) is 4.36. The highest BCUT2D eigenvalue weighted by Crippen LogP contribution is 2.36. The van der Waals surface area contributed by atoms with Crippen LogP contribution in [0.1, 0.15) is 24.0 Å². The number of hydrogen-bond donors (Lipinski definition) is 1. The highest BCUT2D eigenvalue weighted by Gasteiger charge is 2.31. The monoisotopic (exact) mass is 242 g/mol. The Kier molecular flexibility index (Phi) is 3.29. The molecule has 1 nitrogen and oxygen atoms in total. The SMILES string of the molecule is Cc1cc(C2(O)CCSCC2)ccc1Cl. The second-order valence-electron chi connectivity index (χ2n) is 4.11. The zero-order chi connectivity index (χ0) is 10.9. The number of halogens is 1. The van der Waals surface area contributed by atoms with E-state index in [9.17, 15) is 5.11 Å². The topological polar surface area (TPSA) is 20.2 Å². The lowest BCUT2D eigenvalue weighted by molar-refractivity contribution is 0.0280. The summed E-state index contributed by atoms with van der Waals surface area (Å²) in [7, 11) is 0. The van der Waals surface area contributed by atoms with Crippen molar-refractivity contribution < 1.29 is 5.11 Å². The van der Waals surface area contributed by atoms with E-state index < -0.39 is 5.60 Å². The first-order valence-electron chi connectivity index (χ1n) is 5.19. The van der Waals surface area contributed by atoms with E-state index in [1.165, 1.54) is 0 Å². The molecule has 15 heavy (non-hydrogen) atoms. The fourth-order valence-corrected chi connectivity index (χ4v) is 3.22. The van der Waals surface area contributed by atoms with Crippen LogP contribution in [-0.2, 0) is 5.60 Å². The number of hydrogen-bond acceptors (Lipinski definition) is 2. The first kappa shape index (κ1) is 11.3. The van der Waals surface area contributed by atoms with Crippen molar-refractivity contribution in [2.45, 2.75) is 25.4 Å². The molecule has 0 atom stereocenters. The van der Waals surface area contributed by atoms with Gasteiger partial charge in [-0.05, 0) is 48.5 Å². The summed E-state index contributed by atoms with van der Waals surface area (Å²) >= 11 is 7.89. The molecule has 0 spiro atoms. The van der Waals surface area contributed by atoms with Crippen LogP contribution in [0, 0.1) is 6.92 Å². The molecule has 0 unspecified atom stereocenters. The number of rotatable bonds is 1. The minimum Gasteiger partial charge on any atom is -0.385 e. The molecule has 1 N–H and O–H groups in total. The molecule has 1 aliphatic heterocycles. The van der Waals surface area contributed by atoms with E-state index in [-0.39, 0.29) is 0 Å². The highest BCUT2D eigenvalue weighted by atomic mass is 35.5. The predicted molar refractivity (Wildman–Crippen MR) is 66.6 cm³/mol. The zero-order valence-corrected chi connectivity index (χ0v) is 10.4. The second-order valence-corrected chi connectivity index (χ2v) is 5.74. The van der Waals surface area contributed by atoms with Gasteiger partial charge in [0.05, 0.1) is 5.60 Å². The van der Waals surface area contributed by atoms with Crippen LogP contribution in [0.4, 0.5) is 0 Å². The first-order chi connectivity index (χ1) is 7.12. The maximum atomic E-state index is 10.5. The number of aryl methyl sites for hydroxylation is 1. The van der Waals surface area contributed by atoms with Gasteiger partial charge in [-0.15, -0.1) is 0 Å². The van der Waals surface area contributed by atoms with Crippen molar-refractivity contribution in [2.75, 3.05) is 11.5 Å². The van der Waals surface area contributed by atoms with Gasteiger partial charge in [0.1, 0.15) is 0 Å². The summed E-state index contributed by atoms with van der Waals surface area (Å²) in [5, 5.41) is 11.3.